The summed E-state index contributed by atoms with van der Waals surface area (Å²) in [7, 11) is 1.59. The summed E-state index contributed by atoms with van der Waals surface area (Å²) in [6.07, 6.45) is 0.366. The molecule has 0 heterocycles. The van der Waals surface area contributed by atoms with Gasteiger partial charge in [0.05, 0.1) is 19.2 Å². The van der Waals surface area contributed by atoms with E-state index in [1.807, 2.05) is 55.5 Å². The molecule has 0 spiro atoms. The Morgan fingerprint density at radius 2 is 1.79 bits per heavy atom. The standard InChI is InChI=1S/C16H17NO2/c1-12-7-3-4-8-13(12)11-16(18)17-14-9-5-6-10-15(14)19-2/h3-10H,11H2,1-2H3,(H,17,18). The number of carbonyl (C=O) groups is 1. The molecular weight excluding hydrogens is 238 g/mol. The average molecular weight is 255 g/mol. The summed E-state index contributed by atoms with van der Waals surface area (Å²) in [6, 6.07) is 15.3. The average Bonchev–Trinajstić information content (AvgIpc) is 2.42. The van der Waals surface area contributed by atoms with Gasteiger partial charge in [-0.1, -0.05) is 36.4 Å². The Labute approximate surface area is 113 Å². The van der Waals surface area contributed by atoms with Crippen LogP contribution in [0.2, 0.25) is 0 Å². The van der Waals surface area contributed by atoms with Crippen LogP contribution >= 0.6 is 0 Å². The highest BCUT2D eigenvalue weighted by Gasteiger charge is 2.08. The lowest BCUT2D eigenvalue weighted by atomic mass is 10.1. The number of methoxy groups -OCH3 is 1. The summed E-state index contributed by atoms with van der Waals surface area (Å²) in [4.78, 5) is 12.0. The van der Waals surface area contributed by atoms with Gasteiger partial charge < -0.3 is 10.1 Å². The lowest BCUT2D eigenvalue weighted by Crippen LogP contribution is -2.15. The van der Waals surface area contributed by atoms with Crippen molar-refractivity contribution in [3.8, 4) is 5.75 Å². The maximum atomic E-state index is 12.0. The summed E-state index contributed by atoms with van der Waals surface area (Å²) in [5.74, 6) is 0.624. The first kappa shape index (κ1) is 13.1. The van der Waals surface area contributed by atoms with Crippen molar-refractivity contribution in [2.75, 3.05) is 12.4 Å². The van der Waals surface area contributed by atoms with Crippen molar-refractivity contribution in [2.45, 2.75) is 13.3 Å². The van der Waals surface area contributed by atoms with E-state index in [9.17, 15) is 4.79 Å². The Morgan fingerprint density at radius 1 is 1.11 bits per heavy atom. The molecule has 2 aromatic carbocycles. The molecule has 2 aromatic rings. The second-order valence-electron chi connectivity index (χ2n) is 4.35. The third kappa shape index (κ3) is 3.35. The molecule has 0 unspecified atom stereocenters. The van der Waals surface area contributed by atoms with Crippen molar-refractivity contribution < 1.29 is 9.53 Å². The number of para-hydroxylation sites is 2. The predicted molar refractivity (Wildman–Crippen MR) is 76.5 cm³/mol. The second-order valence-corrected chi connectivity index (χ2v) is 4.35. The summed E-state index contributed by atoms with van der Waals surface area (Å²) < 4.78 is 5.21. The van der Waals surface area contributed by atoms with Gasteiger partial charge in [0.2, 0.25) is 5.91 Å². The van der Waals surface area contributed by atoms with Crippen LogP contribution in [0.4, 0.5) is 5.69 Å². The molecule has 3 heteroatoms. The first-order chi connectivity index (χ1) is 9.20. The molecule has 0 bridgehead atoms. The molecule has 0 atom stereocenters. The van der Waals surface area contributed by atoms with Crippen LogP contribution in [0, 0.1) is 6.92 Å². The van der Waals surface area contributed by atoms with Gasteiger partial charge in [-0.2, -0.15) is 0 Å². The monoisotopic (exact) mass is 255 g/mol. The van der Waals surface area contributed by atoms with E-state index in [1.165, 1.54) is 0 Å². The van der Waals surface area contributed by atoms with Crippen molar-refractivity contribution in [3.63, 3.8) is 0 Å². The van der Waals surface area contributed by atoms with E-state index in [0.717, 1.165) is 11.1 Å². The lowest BCUT2D eigenvalue weighted by molar-refractivity contribution is -0.115. The molecule has 0 saturated heterocycles. The molecule has 98 valence electrons. The van der Waals surface area contributed by atoms with Crippen LogP contribution in [0.15, 0.2) is 48.5 Å². The molecule has 1 N–H and O–H groups in total. The lowest BCUT2D eigenvalue weighted by Gasteiger charge is -2.10. The van der Waals surface area contributed by atoms with E-state index in [-0.39, 0.29) is 5.91 Å². The molecule has 3 nitrogen and oxygen atoms in total. The topological polar surface area (TPSA) is 38.3 Å². The summed E-state index contributed by atoms with van der Waals surface area (Å²) in [5.41, 5.74) is 2.86. The quantitative estimate of drug-likeness (QED) is 0.911. The fourth-order valence-electron chi connectivity index (χ4n) is 1.92. The number of rotatable bonds is 4. The van der Waals surface area contributed by atoms with E-state index in [1.54, 1.807) is 7.11 Å². The highest BCUT2D eigenvalue weighted by atomic mass is 16.5. The van der Waals surface area contributed by atoms with Gasteiger partial charge >= 0.3 is 0 Å². The number of nitrogens with one attached hydrogen (secondary N) is 1. The van der Waals surface area contributed by atoms with Crippen LogP contribution in [0.5, 0.6) is 5.75 Å². The molecule has 0 fully saturated rings. The van der Waals surface area contributed by atoms with Gasteiger partial charge in [0.1, 0.15) is 5.75 Å². The van der Waals surface area contributed by atoms with Gasteiger partial charge in [-0.15, -0.1) is 0 Å². The maximum absolute atomic E-state index is 12.0. The number of aryl methyl sites for hydroxylation is 1. The molecule has 2 rings (SSSR count). The zero-order chi connectivity index (χ0) is 13.7. The Bertz CT molecular complexity index is 578. The molecule has 19 heavy (non-hydrogen) atoms. The maximum Gasteiger partial charge on any atom is 0.228 e. The molecule has 0 saturated carbocycles. The SMILES string of the molecule is COc1ccccc1NC(=O)Cc1ccccc1C. The van der Waals surface area contributed by atoms with Crippen molar-refractivity contribution in [1.29, 1.82) is 0 Å². The van der Waals surface area contributed by atoms with Gasteiger partial charge in [0, 0.05) is 0 Å². The Morgan fingerprint density at radius 3 is 2.53 bits per heavy atom. The number of ether oxygens (including phenoxy) is 1. The number of amides is 1. The van der Waals surface area contributed by atoms with Gasteiger partial charge in [-0.25, -0.2) is 0 Å². The minimum atomic E-state index is -0.0428. The largest absolute Gasteiger partial charge is 0.495 e. The van der Waals surface area contributed by atoms with Crippen molar-refractivity contribution in [2.24, 2.45) is 0 Å². The second kappa shape index (κ2) is 6.05. The van der Waals surface area contributed by atoms with Crippen molar-refractivity contribution >= 4 is 11.6 Å². The Kier molecular flexibility index (Phi) is 4.18. The van der Waals surface area contributed by atoms with Crippen molar-refractivity contribution in [3.05, 3.63) is 59.7 Å². The predicted octanol–water partition coefficient (Wildman–Crippen LogP) is 3.18. The number of hydrogen-bond acceptors (Lipinski definition) is 2. The fourth-order valence-corrected chi connectivity index (χ4v) is 1.92. The van der Waals surface area contributed by atoms with Crippen LogP contribution in [0.3, 0.4) is 0 Å². The molecule has 1 amide bonds. The molecular formula is C16H17NO2. The van der Waals surface area contributed by atoms with E-state index >= 15 is 0 Å². The van der Waals surface area contributed by atoms with E-state index in [0.29, 0.717) is 17.9 Å². The third-order valence-corrected chi connectivity index (χ3v) is 2.99. The minimum absolute atomic E-state index is 0.0428. The highest BCUT2D eigenvalue weighted by Crippen LogP contribution is 2.23. The fraction of sp³-hybridized carbons (Fsp3) is 0.188. The van der Waals surface area contributed by atoms with Crippen LogP contribution in [0.1, 0.15) is 11.1 Å². The number of carbonyl (C=O) groups excluding carboxylic acids is 1. The van der Waals surface area contributed by atoms with Crippen LogP contribution in [-0.4, -0.2) is 13.0 Å². The van der Waals surface area contributed by atoms with Gasteiger partial charge in [0.25, 0.3) is 0 Å². The first-order valence-electron chi connectivity index (χ1n) is 6.18. The van der Waals surface area contributed by atoms with Crippen LogP contribution in [0.25, 0.3) is 0 Å². The van der Waals surface area contributed by atoms with Gasteiger partial charge in [0.15, 0.2) is 0 Å². The van der Waals surface area contributed by atoms with E-state index in [4.69, 9.17) is 4.74 Å². The number of anilines is 1. The number of benzene rings is 2. The summed E-state index contributed by atoms with van der Waals surface area (Å²) in [6.45, 7) is 2.01. The normalized spacial score (nSPS) is 10.0. The van der Waals surface area contributed by atoms with E-state index < -0.39 is 0 Å². The van der Waals surface area contributed by atoms with Gasteiger partial charge in [-0.3, -0.25) is 4.79 Å². The van der Waals surface area contributed by atoms with E-state index in [2.05, 4.69) is 5.32 Å². The van der Waals surface area contributed by atoms with Crippen molar-refractivity contribution in [1.82, 2.24) is 0 Å². The Balaban J connectivity index is 2.08. The minimum Gasteiger partial charge on any atom is -0.495 e. The first-order valence-corrected chi connectivity index (χ1v) is 6.18. The summed E-state index contributed by atoms with van der Waals surface area (Å²) >= 11 is 0. The van der Waals surface area contributed by atoms with Crippen LogP contribution < -0.4 is 10.1 Å². The smallest absolute Gasteiger partial charge is 0.228 e. The van der Waals surface area contributed by atoms with Crippen LogP contribution in [-0.2, 0) is 11.2 Å². The molecule has 0 aliphatic rings. The summed E-state index contributed by atoms with van der Waals surface area (Å²) in [5, 5.41) is 2.87. The number of hydrogen-bond donors (Lipinski definition) is 1. The molecule has 0 radical (unpaired) electrons. The zero-order valence-corrected chi connectivity index (χ0v) is 11.1. The molecule has 0 aliphatic carbocycles. The molecule has 0 aliphatic heterocycles. The molecule has 0 aromatic heterocycles. The Hall–Kier alpha value is -2.29. The highest BCUT2D eigenvalue weighted by molar-refractivity contribution is 5.93. The third-order valence-electron chi connectivity index (χ3n) is 2.99. The van der Waals surface area contributed by atoms with Gasteiger partial charge in [-0.05, 0) is 30.2 Å². The zero-order valence-electron chi connectivity index (χ0n) is 11.1.